The molecule has 0 aliphatic carbocycles. The maximum Gasteiger partial charge on any atom is 0.389 e. The minimum Gasteiger partial charge on any atom is -0.358 e. The lowest BCUT2D eigenvalue weighted by atomic mass is 10.3. The van der Waals surface area contributed by atoms with Gasteiger partial charge in [0.2, 0.25) is 5.91 Å². The van der Waals surface area contributed by atoms with Crippen molar-refractivity contribution in [2.24, 2.45) is 0 Å². The summed E-state index contributed by atoms with van der Waals surface area (Å²) in [5, 5.41) is 10.3. The van der Waals surface area contributed by atoms with E-state index in [1.807, 2.05) is 0 Å². The van der Waals surface area contributed by atoms with Gasteiger partial charge in [0.05, 0.1) is 30.5 Å². The van der Waals surface area contributed by atoms with Crippen LogP contribution in [0.25, 0.3) is 0 Å². The van der Waals surface area contributed by atoms with E-state index < -0.39 is 12.6 Å². The summed E-state index contributed by atoms with van der Waals surface area (Å²) in [5.74, 6) is 5.15. The van der Waals surface area contributed by atoms with Gasteiger partial charge in [-0.2, -0.15) is 24.9 Å². The molecular weight excluding hydrogens is 413 g/mol. The Balaban J connectivity index is 2.79. The zero-order valence-corrected chi connectivity index (χ0v) is 16.7. The molecule has 0 radical (unpaired) electrons. The van der Waals surface area contributed by atoms with Crippen LogP contribution in [-0.2, 0) is 4.79 Å². The smallest absolute Gasteiger partial charge is 0.358 e. The number of hydrogen-bond acceptors (Lipinski definition) is 5. The fourth-order valence-corrected chi connectivity index (χ4v) is 2.97. The second kappa shape index (κ2) is 12.3. The summed E-state index contributed by atoms with van der Waals surface area (Å²) in [6.45, 7) is 1.62. The van der Waals surface area contributed by atoms with Gasteiger partial charge in [-0.15, -0.1) is 5.92 Å². The van der Waals surface area contributed by atoms with E-state index in [2.05, 4.69) is 22.1 Å². The number of allylic oxidation sites excluding steroid dienone is 1. The summed E-state index contributed by atoms with van der Waals surface area (Å²) in [4.78, 5) is 17.7. The molecule has 1 aromatic rings. The van der Waals surface area contributed by atoms with Crippen molar-refractivity contribution < 1.29 is 18.0 Å². The number of thioether (sulfide) groups is 1. The molecule has 0 saturated carbocycles. The summed E-state index contributed by atoms with van der Waals surface area (Å²) >= 11 is 6.90. The maximum absolute atomic E-state index is 12.6. The number of rotatable bonds is 10. The minimum absolute atomic E-state index is 0.00230. The zero-order chi connectivity index (χ0) is 21.0. The van der Waals surface area contributed by atoms with Crippen molar-refractivity contribution in [1.29, 1.82) is 5.41 Å². The predicted octanol–water partition coefficient (Wildman–Crippen LogP) is 4.48. The van der Waals surface area contributed by atoms with Gasteiger partial charge in [0.15, 0.2) is 0 Å². The van der Waals surface area contributed by atoms with Gasteiger partial charge in [-0.25, -0.2) is 0 Å². The summed E-state index contributed by atoms with van der Waals surface area (Å²) in [6, 6.07) is 3.46. The third kappa shape index (κ3) is 9.67. The molecule has 1 heterocycles. The molecule has 2 N–H and O–H groups in total. The molecule has 0 bridgehead atoms. The first-order chi connectivity index (χ1) is 13.2. The molecular formula is C18H20ClF3N4OS. The summed E-state index contributed by atoms with van der Waals surface area (Å²) in [6.07, 6.45) is -0.546. The van der Waals surface area contributed by atoms with Crippen molar-refractivity contribution in [2.45, 2.75) is 25.9 Å². The van der Waals surface area contributed by atoms with Gasteiger partial charge in [-0.3, -0.25) is 20.1 Å². The number of amides is 1. The first kappa shape index (κ1) is 23.9. The summed E-state index contributed by atoms with van der Waals surface area (Å²) < 4.78 is 36.5. The Bertz CT molecular complexity index is 745. The number of hydrogen-bond donors (Lipinski definition) is 2. The second-order valence-electron chi connectivity index (χ2n) is 5.36. The molecule has 10 heteroatoms. The molecule has 0 fully saturated rings. The minimum atomic E-state index is -4.21. The van der Waals surface area contributed by atoms with Crippen LogP contribution in [0.2, 0.25) is 0 Å². The average Bonchev–Trinajstić information content (AvgIpc) is 2.63. The van der Waals surface area contributed by atoms with E-state index in [0.29, 0.717) is 5.69 Å². The Morgan fingerprint density at radius 1 is 1.46 bits per heavy atom. The van der Waals surface area contributed by atoms with E-state index in [-0.39, 0.29) is 41.2 Å². The van der Waals surface area contributed by atoms with E-state index in [0.717, 1.165) is 11.8 Å². The van der Waals surface area contributed by atoms with Crippen molar-refractivity contribution in [3.63, 3.8) is 0 Å². The molecule has 152 valence electrons. The number of alkyl halides is 3. The monoisotopic (exact) mass is 432 g/mol. The summed E-state index contributed by atoms with van der Waals surface area (Å²) in [7, 11) is 0. The lowest BCUT2D eigenvalue weighted by Gasteiger charge is -2.22. The molecule has 1 rings (SSSR count). The highest BCUT2D eigenvalue weighted by Gasteiger charge is 2.26. The van der Waals surface area contributed by atoms with E-state index in [1.165, 1.54) is 11.1 Å². The van der Waals surface area contributed by atoms with E-state index in [9.17, 15) is 18.0 Å². The van der Waals surface area contributed by atoms with Crippen LogP contribution in [0.4, 0.5) is 18.9 Å². The van der Waals surface area contributed by atoms with Crippen LogP contribution in [0.15, 0.2) is 36.4 Å². The van der Waals surface area contributed by atoms with Crippen LogP contribution in [0.5, 0.6) is 0 Å². The molecule has 0 aliphatic heterocycles. The lowest BCUT2D eigenvalue weighted by Crippen LogP contribution is -2.33. The third-order valence-electron chi connectivity index (χ3n) is 3.26. The van der Waals surface area contributed by atoms with E-state index >= 15 is 0 Å². The fraction of sp³-hybridized carbons (Fsp3) is 0.389. The van der Waals surface area contributed by atoms with Crippen molar-refractivity contribution in [3.8, 4) is 11.8 Å². The van der Waals surface area contributed by atoms with Crippen molar-refractivity contribution in [2.75, 3.05) is 23.4 Å². The first-order valence-corrected chi connectivity index (χ1v) is 9.73. The molecule has 0 aliphatic rings. The molecule has 28 heavy (non-hydrogen) atoms. The quantitative estimate of drug-likeness (QED) is 0.325. The Hall–Kier alpha value is -2.18. The molecule has 0 unspecified atom stereocenters. The predicted molar refractivity (Wildman–Crippen MR) is 107 cm³/mol. The maximum atomic E-state index is 12.6. The van der Waals surface area contributed by atoms with Gasteiger partial charge in [-0.05, 0) is 19.1 Å². The number of nitrogens with one attached hydrogen (secondary N) is 2. The van der Waals surface area contributed by atoms with Gasteiger partial charge >= 0.3 is 6.18 Å². The average molecular weight is 433 g/mol. The molecule has 0 spiro atoms. The van der Waals surface area contributed by atoms with Crippen LogP contribution in [-0.4, -0.2) is 45.2 Å². The number of carbonyl (C=O) groups is 1. The Kier molecular flexibility index (Phi) is 10.5. The van der Waals surface area contributed by atoms with Gasteiger partial charge in [0, 0.05) is 30.3 Å². The van der Waals surface area contributed by atoms with Crippen LogP contribution in [0.1, 0.15) is 19.8 Å². The topological polar surface area (TPSA) is 69.1 Å². The highest BCUT2D eigenvalue weighted by molar-refractivity contribution is 7.99. The molecule has 0 aromatic carbocycles. The normalized spacial score (nSPS) is 11.4. The molecule has 5 nitrogen and oxygen atoms in total. The Morgan fingerprint density at radius 3 is 2.79 bits per heavy atom. The number of aromatic nitrogens is 1. The Morgan fingerprint density at radius 2 is 2.21 bits per heavy atom. The third-order valence-corrected chi connectivity index (χ3v) is 4.44. The number of anilines is 1. The standard InChI is InChI=1S/C18H20ClF3N4OS/c1-2-3-9-26(16(27)6-10-28-11-7-18(20,21)22)15(17(19)23)13-25-14-5-4-8-24-12-14/h4-5,8,12-13,23,25H,6-7,9-11H2,1H3/b15-13+,23-17?. The van der Waals surface area contributed by atoms with Crippen LogP contribution in [0.3, 0.4) is 0 Å². The lowest BCUT2D eigenvalue weighted by molar-refractivity contribution is -0.129. The van der Waals surface area contributed by atoms with Gasteiger partial charge in [0.25, 0.3) is 0 Å². The molecule has 1 aromatic heterocycles. The fourth-order valence-electron chi connectivity index (χ4n) is 1.91. The van der Waals surface area contributed by atoms with E-state index in [1.54, 1.807) is 31.5 Å². The van der Waals surface area contributed by atoms with Gasteiger partial charge in [-0.1, -0.05) is 17.5 Å². The van der Waals surface area contributed by atoms with Crippen LogP contribution < -0.4 is 5.32 Å². The van der Waals surface area contributed by atoms with Crippen LogP contribution >= 0.6 is 23.4 Å². The second-order valence-corrected chi connectivity index (χ2v) is 6.97. The van der Waals surface area contributed by atoms with Crippen LogP contribution in [0, 0.1) is 17.3 Å². The number of carbonyl (C=O) groups excluding carboxylic acids is 1. The first-order valence-electron chi connectivity index (χ1n) is 8.20. The van der Waals surface area contributed by atoms with E-state index in [4.69, 9.17) is 17.0 Å². The van der Waals surface area contributed by atoms with Gasteiger partial charge < -0.3 is 5.32 Å². The van der Waals surface area contributed by atoms with Crippen molar-refractivity contribution in [3.05, 3.63) is 36.4 Å². The van der Waals surface area contributed by atoms with Gasteiger partial charge in [0.1, 0.15) is 5.17 Å². The summed E-state index contributed by atoms with van der Waals surface area (Å²) in [5.41, 5.74) is 0.744. The number of pyridine rings is 1. The molecule has 0 saturated heterocycles. The highest BCUT2D eigenvalue weighted by atomic mass is 35.5. The SMILES string of the molecule is CC#CCN(C(=O)CCSCCC(F)(F)F)/C(=C/Nc1cccnc1)C(=N)Cl. The highest BCUT2D eigenvalue weighted by Crippen LogP contribution is 2.22. The molecule has 0 atom stereocenters. The number of halogens is 4. The largest absolute Gasteiger partial charge is 0.389 e. The van der Waals surface area contributed by atoms with Crippen molar-refractivity contribution in [1.82, 2.24) is 9.88 Å². The zero-order valence-electron chi connectivity index (χ0n) is 15.1. The Labute approximate surface area is 171 Å². The number of nitrogens with zero attached hydrogens (tertiary/aromatic N) is 2. The van der Waals surface area contributed by atoms with Crippen molar-refractivity contribution >= 4 is 40.1 Å². The molecule has 1 amide bonds.